The highest BCUT2D eigenvalue weighted by atomic mass is 16.2. The average molecular weight is 243 g/mol. The Balaban J connectivity index is 1.93. The summed E-state index contributed by atoms with van der Waals surface area (Å²) in [6.07, 6.45) is 4.28. The van der Waals surface area contributed by atoms with Crippen LogP contribution in [0.1, 0.15) is 44.1 Å². The van der Waals surface area contributed by atoms with Crippen LogP contribution in [0.25, 0.3) is 0 Å². The first kappa shape index (κ1) is 10.6. The van der Waals surface area contributed by atoms with Gasteiger partial charge in [0.25, 0.3) is 0 Å². The Morgan fingerprint density at radius 3 is 3.11 bits per heavy atom. The van der Waals surface area contributed by atoms with Crippen LogP contribution in [-0.2, 0) is 4.79 Å². The van der Waals surface area contributed by atoms with Crippen LogP contribution < -0.4 is 10.2 Å². The number of carbonyl (C=O) groups is 1. The summed E-state index contributed by atoms with van der Waals surface area (Å²) in [5, 5.41) is 2.46. The molecule has 18 heavy (non-hydrogen) atoms. The summed E-state index contributed by atoms with van der Waals surface area (Å²) >= 11 is 0. The molecule has 0 radical (unpaired) electrons. The van der Waals surface area contributed by atoms with Crippen LogP contribution in [0.2, 0.25) is 0 Å². The largest absolute Gasteiger partial charge is 0.321 e. The summed E-state index contributed by atoms with van der Waals surface area (Å²) in [6.45, 7) is 2.18. The van der Waals surface area contributed by atoms with Crippen molar-refractivity contribution in [3.63, 3.8) is 0 Å². The number of fused-ring (bicyclic) bond motifs is 3. The third-order valence-electron chi connectivity index (χ3n) is 4.96. The first-order valence-corrected chi connectivity index (χ1v) is 7.00. The van der Waals surface area contributed by atoms with Gasteiger partial charge in [-0.2, -0.15) is 0 Å². The summed E-state index contributed by atoms with van der Waals surface area (Å²) in [7, 11) is 0. The number of nitrogens with zero attached hydrogens (tertiary/aromatic N) is 1. The summed E-state index contributed by atoms with van der Waals surface area (Å²) < 4.78 is 0. The molecular formula is C15H19N2O+. The SMILES string of the molecule is CC1CC(=O)N2c3ccccc3C3CCCC32[NH2+]1. The quantitative estimate of drug-likeness (QED) is 0.734. The molecule has 3 atom stereocenters. The van der Waals surface area contributed by atoms with E-state index in [1.165, 1.54) is 24.1 Å². The third-order valence-corrected chi connectivity index (χ3v) is 4.96. The van der Waals surface area contributed by atoms with Crippen molar-refractivity contribution in [3.05, 3.63) is 29.8 Å². The van der Waals surface area contributed by atoms with E-state index in [0.717, 1.165) is 6.42 Å². The number of nitrogens with two attached hydrogens (primary N) is 1. The minimum absolute atomic E-state index is 0.0123. The molecule has 3 unspecified atom stereocenters. The van der Waals surface area contributed by atoms with Gasteiger partial charge in [0.15, 0.2) is 5.66 Å². The van der Waals surface area contributed by atoms with Gasteiger partial charge in [0.05, 0.1) is 24.1 Å². The highest BCUT2D eigenvalue weighted by molar-refractivity contribution is 5.98. The molecule has 1 aromatic carbocycles. The van der Waals surface area contributed by atoms with E-state index in [1.807, 2.05) is 0 Å². The minimum atomic E-state index is 0.0123. The zero-order valence-corrected chi connectivity index (χ0v) is 10.7. The van der Waals surface area contributed by atoms with Crippen LogP contribution in [0.4, 0.5) is 5.69 Å². The number of carbonyl (C=O) groups excluding carboxylic acids is 1. The Bertz CT molecular complexity index is 527. The van der Waals surface area contributed by atoms with Crippen LogP contribution in [0.3, 0.4) is 0 Å². The number of quaternary nitrogens is 1. The lowest BCUT2D eigenvalue weighted by atomic mass is 9.90. The molecule has 3 nitrogen and oxygen atoms in total. The second-order valence-electron chi connectivity index (χ2n) is 6.07. The van der Waals surface area contributed by atoms with Crippen molar-refractivity contribution in [2.24, 2.45) is 0 Å². The molecule has 2 fully saturated rings. The number of benzene rings is 1. The van der Waals surface area contributed by atoms with Crippen LogP contribution in [-0.4, -0.2) is 17.6 Å². The Morgan fingerprint density at radius 2 is 2.22 bits per heavy atom. The predicted molar refractivity (Wildman–Crippen MR) is 69.3 cm³/mol. The van der Waals surface area contributed by atoms with Gasteiger partial charge in [-0.15, -0.1) is 0 Å². The molecule has 3 heteroatoms. The van der Waals surface area contributed by atoms with Crippen LogP contribution in [0.5, 0.6) is 0 Å². The average Bonchev–Trinajstić information content (AvgIpc) is 2.82. The van der Waals surface area contributed by atoms with Crippen molar-refractivity contribution in [1.82, 2.24) is 0 Å². The van der Waals surface area contributed by atoms with Gasteiger partial charge in [-0.25, -0.2) is 0 Å². The fraction of sp³-hybridized carbons (Fsp3) is 0.533. The van der Waals surface area contributed by atoms with Gasteiger partial charge in [0, 0.05) is 6.42 Å². The molecule has 0 bridgehead atoms. The molecule has 0 aromatic heterocycles. The molecule has 94 valence electrons. The Morgan fingerprint density at radius 1 is 1.39 bits per heavy atom. The van der Waals surface area contributed by atoms with Crippen molar-refractivity contribution in [2.45, 2.75) is 50.2 Å². The Hall–Kier alpha value is -1.35. The van der Waals surface area contributed by atoms with E-state index < -0.39 is 0 Å². The topological polar surface area (TPSA) is 36.9 Å². The maximum absolute atomic E-state index is 12.5. The molecule has 1 amide bonds. The van der Waals surface area contributed by atoms with Gasteiger partial charge >= 0.3 is 0 Å². The van der Waals surface area contributed by atoms with E-state index in [2.05, 4.69) is 41.4 Å². The van der Waals surface area contributed by atoms with E-state index in [1.54, 1.807) is 0 Å². The lowest BCUT2D eigenvalue weighted by Crippen LogP contribution is -3.06. The lowest BCUT2D eigenvalue weighted by Gasteiger charge is -2.42. The highest BCUT2D eigenvalue weighted by Crippen LogP contribution is 2.53. The molecule has 1 saturated carbocycles. The van der Waals surface area contributed by atoms with Crippen LogP contribution in [0, 0.1) is 0 Å². The van der Waals surface area contributed by atoms with Gasteiger partial charge in [-0.05, 0) is 31.4 Å². The molecule has 1 spiro atoms. The molecule has 3 aliphatic rings. The van der Waals surface area contributed by atoms with E-state index >= 15 is 0 Å². The van der Waals surface area contributed by atoms with Crippen LogP contribution >= 0.6 is 0 Å². The zero-order chi connectivity index (χ0) is 12.3. The molecule has 4 rings (SSSR count). The number of rotatable bonds is 0. The minimum Gasteiger partial charge on any atom is -0.321 e. The Kier molecular flexibility index (Phi) is 1.97. The maximum Gasteiger partial charge on any atom is 0.237 e. The Labute approximate surface area is 107 Å². The molecule has 1 aliphatic carbocycles. The van der Waals surface area contributed by atoms with E-state index in [-0.39, 0.29) is 5.66 Å². The first-order chi connectivity index (χ1) is 8.72. The van der Waals surface area contributed by atoms with Crippen molar-refractivity contribution in [1.29, 1.82) is 0 Å². The second kappa shape index (κ2) is 3.35. The molecular weight excluding hydrogens is 224 g/mol. The number of hydrogen-bond donors (Lipinski definition) is 1. The maximum atomic E-state index is 12.5. The van der Waals surface area contributed by atoms with E-state index in [0.29, 0.717) is 24.3 Å². The van der Waals surface area contributed by atoms with Crippen molar-refractivity contribution in [2.75, 3.05) is 4.90 Å². The summed E-state index contributed by atoms with van der Waals surface area (Å²) in [5.41, 5.74) is 2.59. The monoisotopic (exact) mass is 243 g/mol. The number of hydrogen-bond acceptors (Lipinski definition) is 1. The number of para-hydroxylation sites is 1. The summed E-state index contributed by atoms with van der Waals surface area (Å²) in [6, 6.07) is 8.92. The molecule has 2 heterocycles. The number of amides is 1. The van der Waals surface area contributed by atoms with Crippen molar-refractivity contribution in [3.8, 4) is 0 Å². The standard InChI is InChI=1S/C15H18N2O/c1-10-9-14(18)17-13-7-3-2-5-11(13)12-6-4-8-15(12,17)16-10/h2-3,5,7,10,12,16H,4,6,8-9H2,1H3/p+1. The zero-order valence-electron chi connectivity index (χ0n) is 10.7. The predicted octanol–water partition coefficient (Wildman–Crippen LogP) is 1.35. The third kappa shape index (κ3) is 1.11. The molecule has 2 N–H and O–H groups in total. The van der Waals surface area contributed by atoms with Gasteiger partial charge in [-0.3, -0.25) is 9.69 Å². The van der Waals surface area contributed by atoms with E-state index in [9.17, 15) is 4.79 Å². The summed E-state index contributed by atoms with van der Waals surface area (Å²) in [5.74, 6) is 0.863. The lowest BCUT2D eigenvalue weighted by molar-refractivity contribution is -0.756. The molecule has 1 aromatic rings. The highest BCUT2D eigenvalue weighted by Gasteiger charge is 2.61. The van der Waals surface area contributed by atoms with E-state index in [4.69, 9.17) is 0 Å². The van der Waals surface area contributed by atoms with Crippen molar-refractivity contribution < 1.29 is 10.1 Å². The van der Waals surface area contributed by atoms with Gasteiger partial charge < -0.3 is 5.32 Å². The fourth-order valence-corrected chi connectivity index (χ4v) is 4.47. The van der Waals surface area contributed by atoms with Gasteiger partial charge in [0.1, 0.15) is 0 Å². The molecule has 2 aliphatic heterocycles. The molecule has 1 saturated heterocycles. The summed E-state index contributed by atoms with van der Waals surface area (Å²) in [4.78, 5) is 14.6. The smallest absolute Gasteiger partial charge is 0.237 e. The second-order valence-corrected chi connectivity index (χ2v) is 6.07. The van der Waals surface area contributed by atoms with Crippen molar-refractivity contribution >= 4 is 11.6 Å². The van der Waals surface area contributed by atoms with Crippen LogP contribution in [0.15, 0.2) is 24.3 Å². The van der Waals surface area contributed by atoms with Gasteiger partial charge in [0.2, 0.25) is 5.91 Å². The fourth-order valence-electron chi connectivity index (χ4n) is 4.47. The van der Waals surface area contributed by atoms with Gasteiger partial charge in [-0.1, -0.05) is 18.2 Å². The number of anilines is 1. The normalized spacial score (nSPS) is 37.4. The first-order valence-electron chi connectivity index (χ1n) is 7.00.